The minimum absolute atomic E-state index is 0.456. The number of nitrogens with zero attached hydrogens (tertiary/aromatic N) is 2. The molecule has 0 atom stereocenters. The minimum atomic E-state index is 0.456. The van der Waals surface area contributed by atoms with E-state index in [1.54, 1.807) is 13.2 Å². The fourth-order valence-electron chi connectivity index (χ4n) is 1.37. The second-order valence-corrected chi connectivity index (χ2v) is 4.26. The number of para-hydroxylation sites is 1. The van der Waals surface area contributed by atoms with Gasteiger partial charge in [0.05, 0.1) is 12.7 Å². The van der Waals surface area contributed by atoms with E-state index in [2.05, 4.69) is 22.5 Å². The molecule has 92 valence electrons. The van der Waals surface area contributed by atoms with Gasteiger partial charge in [0.1, 0.15) is 5.75 Å². The van der Waals surface area contributed by atoms with Gasteiger partial charge in [-0.05, 0) is 18.2 Å². The number of thioether (sulfide) groups is 1. The van der Waals surface area contributed by atoms with E-state index in [1.165, 1.54) is 11.8 Å². The first-order valence-corrected chi connectivity index (χ1v) is 6.27. The van der Waals surface area contributed by atoms with Crippen LogP contribution >= 0.6 is 11.8 Å². The van der Waals surface area contributed by atoms with Crippen LogP contribution in [0.1, 0.15) is 0 Å². The third-order valence-electron chi connectivity index (χ3n) is 2.18. The standard InChI is InChI=1S/C13H12N2O2S/c1-3-4-9-18-13-15-14-12(17-13)10-7-5-6-8-11(10)16-2/h4-8H,1,9H2,2H3. The predicted molar refractivity (Wildman–Crippen MR) is 70.7 cm³/mol. The number of rotatable bonds is 5. The van der Waals surface area contributed by atoms with E-state index in [-0.39, 0.29) is 0 Å². The average Bonchev–Trinajstić information content (AvgIpc) is 2.88. The summed E-state index contributed by atoms with van der Waals surface area (Å²) in [5.41, 5.74) is 3.48. The van der Waals surface area contributed by atoms with Crippen LogP contribution in [0.4, 0.5) is 0 Å². The van der Waals surface area contributed by atoms with Crippen LogP contribution < -0.4 is 4.74 Å². The molecule has 0 spiro atoms. The maximum absolute atomic E-state index is 5.55. The molecule has 1 aromatic heterocycles. The monoisotopic (exact) mass is 260 g/mol. The van der Waals surface area contributed by atoms with Gasteiger partial charge >= 0.3 is 0 Å². The van der Waals surface area contributed by atoms with Crippen molar-refractivity contribution in [2.45, 2.75) is 5.22 Å². The molecular weight excluding hydrogens is 248 g/mol. The largest absolute Gasteiger partial charge is 0.496 e. The lowest BCUT2D eigenvalue weighted by molar-refractivity contribution is 0.411. The van der Waals surface area contributed by atoms with Crippen LogP contribution in [-0.4, -0.2) is 23.1 Å². The Kier molecular flexibility index (Phi) is 4.23. The van der Waals surface area contributed by atoms with Crippen LogP contribution in [0.25, 0.3) is 11.5 Å². The first kappa shape index (κ1) is 12.5. The normalized spacial score (nSPS) is 9.83. The fraction of sp³-hybridized carbons (Fsp3) is 0.154. The third-order valence-corrected chi connectivity index (χ3v) is 2.92. The molecule has 0 aliphatic carbocycles. The van der Waals surface area contributed by atoms with Crippen molar-refractivity contribution < 1.29 is 9.15 Å². The van der Waals surface area contributed by atoms with E-state index in [1.807, 2.05) is 24.3 Å². The van der Waals surface area contributed by atoms with Gasteiger partial charge in [0, 0.05) is 5.75 Å². The molecule has 0 unspecified atom stereocenters. The highest BCUT2D eigenvalue weighted by Crippen LogP contribution is 2.30. The number of hydrogen-bond donors (Lipinski definition) is 0. The van der Waals surface area contributed by atoms with Gasteiger partial charge in [-0.25, -0.2) is 0 Å². The van der Waals surface area contributed by atoms with Crippen molar-refractivity contribution in [3.63, 3.8) is 0 Å². The maximum Gasteiger partial charge on any atom is 0.277 e. The molecule has 0 saturated carbocycles. The Morgan fingerprint density at radius 2 is 2.28 bits per heavy atom. The molecule has 5 heteroatoms. The van der Waals surface area contributed by atoms with Gasteiger partial charge < -0.3 is 9.15 Å². The van der Waals surface area contributed by atoms with Gasteiger partial charge in [-0.3, -0.25) is 0 Å². The van der Waals surface area contributed by atoms with Gasteiger partial charge in [-0.2, -0.15) is 0 Å². The van der Waals surface area contributed by atoms with Crippen molar-refractivity contribution in [3.05, 3.63) is 42.7 Å². The highest BCUT2D eigenvalue weighted by Gasteiger charge is 2.12. The number of benzene rings is 1. The SMILES string of the molecule is C=C=CCSc1nnc(-c2ccccc2OC)o1. The summed E-state index contributed by atoms with van der Waals surface area (Å²) in [7, 11) is 1.61. The Labute approximate surface area is 109 Å². The molecule has 0 amide bonds. The lowest BCUT2D eigenvalue weighted by Gasteiger charge is -2.03. The summed E-state index contributed by atoms with van der Waals surface area (Å²) in [6, 6.07) is 7.52. The maximum atomic E-state index is 5.55. The summed E-state index contributed by atoms with van der Waals surface area (Å²) in [6.07, 6.45) is 1.80. The summed E-state index contributed by atoms with van der Waals surface area (Å²) in [6.45, 7) is 3.49. The number of methoxy groups -OCH3 is 1. The molecule has 0 N–H and O–H groups in total. The van der Waals surface area contributed by atoms with Crippen molar-refractivity contribution in [2.24, 2.45) is 0 Å². The van der Waals surface area contributed by atoms with Crippen molar-refractivity contribution in [3.8, 4) is 17.2 Å². The third kappa shape index (κ3) is 2.83. The first-order valence-electron chi connectivity index (χ1n) is 5.29. The lowest BCUT2D eigenvalue weighted by atomic mass is 10.2. The molecule has 0 bridgehead atoms. The van der Waals surface area contributed by atoms with Crippen molar-refractivity contribution >= 4 is 11.8 Å². The van der Waals surface area contributed by atoms with Gasteiger partial charge in [-0.1, -0.05) is 30.5 Å². The molecule has 0 saturated heterocycles. The zero-order chi connectivity index (χ0) is 12.8. The van der Waals surface area contributed by atoms with Gasteiger partial charge in [0.25, 0.3) is 11.1 Å². The molecule has 1 aromatic carbocycles. The number of ether oxygens (including phenoxy) is 1. The van der Waals surface area contributed by atoms with Gasteiger partial charge in [-0.15, -0.1) is 15.9 Å². The summed E-state index contributed by atoms with van der Waals surface area (Å²) in [4.78, 5) is 0. The van der Waals surface area contributed by atoms with Crippen LogP contribution in [0, 0.1) is 0 Å². The molecule has 4 nitrogen and oxygen atoms in total. The van der Waals surface area contributed by atoms with Gasteiger partial charge in [0.2, 0.25) is 0 Å². The average molecular weight is 260 g/mol. The van der Waals surface area contributed by atoms with E-state index in [0.29, 0.717) is 22.6 Å². The second-order valence-electron chi connectivity index (χ2n) is 3.29. The van der Waals surface area contributed by atoms with E-state index in [9.17, 15) is 0 Å². The molecule has 0 aliphatic heterocycles. The molecule has 0 aliphatic rings. The Morgan fingerprint density at radius 3 is 3.06 bits per heavy atom. The molecule has 1 heterocycles. The topological polar surface area (TPSA) is 48.2 Å². The van der Waals surface area contributed by atoms with Gasteiger partial charge in [0.15, 0.2) is 0 Å². The highest BCUT2D eigenvalue weighted by atomic mass is 32.2. The number of hydrogen-bond acceptors (Lipinski definition) is 5. The fourth-order valence-corrected chi connectivity index (χ4v) is 1.95. The first-order chi connectivity index (χ1) is 8.85. The zero-order valence-corrected chi connectivity index (χ0v) is 10.7. The summed E-state index contributed by atoms with van der Waals surface area (Å²) in [5.74, 6) is 1.87. The van der Waals surface area contributed by atoms with E-state index in [4.69, 9.17) is 9.15 Å². The predicted octanol–water partition coefficient (Wildman–Crippen LogP) is 3.18. The van der Waals surface area contributed by atoms with E-state index < -0.39 is 0 Å². The molecule has 0 fully saturated rings. The van der Waals surface area contributed by atoms with E-state index in [0.717, 1.165) is 5.56 Å². The second kappa shape index (κ2) is 6.10. The number of aromatic nitrogens is 2. The Morgan fingerprint density at radius 1 is 1.44 bits per heavy atom. The van der Waals surface area contributed by atoms with E-state index >= 15 is 0 Å². The quantitative estimate of drug-likeness (QED) is 0.610. The Hall–Kier alpha value is -1.97. The molecule has 2 rings (SSSR count). The zero-order valence-electron chi connectivity index (χ0n) is 9.92. The summed E-state index contributed by atoms with van der Waals surface area (Å²) >= 11 is 1.43. The Bertz CT molecular complexity index is 574. The smallest absolute Gasteiger partial charge is 0.277 e. The molecule has 18 heavy (non-hydrogen) atoms. The van der Waals surface area contributed by atoms with Crippen LogP contribution in [0.15, 0.2) is 52.3 Å². The van der Waals surface area contributed by atoms with Crippen LogP contribution in [0.3, 0.4) is 0 Å². The highest BCUT2D eigenvalue weighted by molar-refractivity contribution is 7.99. The lowest BCUT2D eigenvalue weighted by Crippen LogP contribution is -1.87. The van der Waals surface area contributed by atoms with Crippen LogP contribution in [0.5, 0.6) is 5.75 Å². The molecular formula is C13H12N2O2S. The summed E-state index contributed by atoms with van der Waals surface area (Å²) in [5, 5.41) is 8.48. The minimum Gasteiger partial charge on any atom is -0.496 e. The Balaban J connectivity index is 2.21. The molecule has 0 radical (unpaired) electrons. The molecule has 2 aromatic rings. The van der Waals surface area contributed by atoms with Crippen LogP contribution in [-0.2, 0) is 0 Å². The van der Waals surface area contributed by atoms with Crippen molar-refractivity contribution in [2.75, 3.05) is 12.9 Å². The van der Waals surface area contributed by atoms with Crippen LogP contribution in [0.2, 0.25) is 0 Å². The summed E-state index contributed by atoms with van der Waals surface area (Å²) < 4.78 is 10.8. The van der Waals surface area contributed by atoms with Crippen molar-refractivity contribution in [1.82, 2.24) is 10.2 Å². The van der Waals surface area contributed by atoms with Crippen molar-refractivity contribution in [1.29, 1.82) is 0 Å².